The summed E-state index contributed by atoms with van der Waals surface area (Å²) in [6.45, 7) is 0. The highest BCUT2D eigenvalue weighted by molar-refractivity contribution is 6.31. The van der Waals surface area contributed by atoms with Crippen molar-refractivity contribution in [3.63, 3.8) is 0 Å². The number of nitrogens with zero attached hydrogens (tertiary/aromatic N) is 2. The maximum Gasteiger partial charge on any atom is 0.141 e. The zero-order chi connectivity index (χ0) is 16.4. The molecule has 0 amide bonds. The van der Waals surface area contributed by atoms with E-state index in [0.717, 1.165) is 0 Å². The number of halogens is 3. The van der Waals surface area contributed by atoms with Gasteiger partial charge in [-0.25, -0.2) is 8.78 Å². The summed E-state index contributed by atoms with van der Waals surface area (Å²) < 4.78 is 26.9. The van der Waals surface area contributed by atoms with Crippen molar-refractivity contribution in [3.05, 3.63) is 76.9 Å². The molecular formula is C18H9ClF2N2. The van der Waals surface area contributed by atoms with Crippen LogP contribution in [0.5, 0.6) is 0 Å². The highest BCUT2D eigenvalue weighted by atomic mass is 35.5. The van der Waals surface area contributed by atoms with E-state index in [0.29, 0.717) is 22.4 Å². The fraction of sp³-hybridized carbons (Fsp3) is 0. The van der Waals surface area contributed by atoms with E-state index in [9.17, 15) is 8.78 Å². The third-order valence-corrected chi connectivity index (χ3v) is 3.69. The Labute approximate surface area is 136 Å². The van der Waals surface area contributed by atoms with Crippen molar-refractivity contribution in [1.29, 1.82) is 5.26 Å². The average molecular weight is 327 g/mol. The molecule has 3 rings (SSSR count). The number of benzene rings is 2. The second-order valence-corrected chi connectivity index (χ2v) is 5.24. The molecule has 0 bridgehead atoms. The summed E-state index contributed by atoms with van der Waals surface area (Å²) in [4.78, 5) is 4.32. The first-order valence-corrected chi connectivity index (χ1v) is 7.08. The van der Waals surface area contributed by atoms with Gasteiger partial charge in [0.2, 0.25) is 0 Å². The van der Waals surface area contributed by atoms with Gasteiger partial charge >= 0.3 is 0 Å². The van der Waals surface area contributed by atoms with E-state index >= 15 is 0 Å². The van der Waals surface area contributed by atoms with Gasteiger partial charge < -0.3 is 0 Å². The summed E-state index contributed by atoms with van der Waals surface area (Å²) in [7, 11) is 0. The van der Waals surface area contributed by atoms with Gasteiger partial charge in [0, 0.05) is 17.3 Å². The Morgan fingerprint density at radius 3 is 2.43 bits per heavy atom. The number of aromatic nitrogens is 1. The van der Waals surface area contributed by atoms with E-state index in [1.165, 1.54) is 24.3 Å². The van der Waals surface area contributed by atoms with Crippen LogP contribution in [0.1, 0.15) is 5.56 Å². The molecule has 0 atom stereocenters. The fourth-order valence-electron chi connectivity index (χ4n) is 2.29. The van der Waals surface area contributed by atoms with E-state index in [-0.39, 0.29) is 10.6 Å². The minimum Gasteiger partial charge on any atom is -0.256 e. The van der Waals surface area contributed by atoms with Gasteiger partial charge in [-0.05, 0) is 42.0 Å². The van der Waals surface area contributed by atoms with Crippen LogP contribution in [0.2, 0.25) is 5.02 Å². The van der Waals surface area contributed by atoms with Gasteiger partial charge in [0.1, 0.15) is 17.7 Å². The zero-order valence-electron chi connectivity index (χ0n) is 11.7. The molecule has 112 valence electrons. The van der Waals surface area contributed by atoms with Crippen LogP contribution in [0.4, 0.5) is 8.78 Å². The van der Waals surface area contributed by atoms with Gasteiger partial charge in [-0.15, -0.1) is 0 Å². The first-order valence-electron chi connectivity index (χ1n) is 6.70. The van der Waals surface area contributed by atoms with E-state index in [4.69, 9.17) is 16.9 Å². The van der Waals surface area contributed by atoms with Crippen molar-refractivity contribution >= 4 is 11.6 Å². The Bertz CT molecular complexity index is 933. The lowest BCUT2D eigenvalue weighted by atomic mass is 9.98. The van der Waals surface area contributed by atoms with Crippen molar-refractivity contribution in [2.45, 2.75) is 0 Å². The largest absolute Gasteiger partial charge is 0.256 e. The van der Waals surface area contributed by atoms with Gasteiger partial charge in [-0.3, -0.25) is 4.98 Å². The molecule has 0 N–H and O–H groups in total. The second-order valence-electron chi connectivity index (χ2n) is 4.83. The molecule has 23 heavy (non-hydrogen) atoms. The minimum atomic E-state index is -0.577. The van der Waals surface area contributed by atoms with Crippen LogP contribution in [0, 0.1) is 23.0 Å². The van der Waals surface area contributed by atoms with E-state index in [2.05, 4.69) is 4.98 Å². The van der Waals surface area contributed by atoms with Gasteiger partial charge in [-0.1, -0.05) is 23.7 Å². The summed E-state index contributed by atoms with van der Waals surface area (Å²) in [5.41, 5.74) is 2.51. The molecule has 0 aliphatic rings. The molecule has 0 spiro atoms. The smallest absolute Gasteiger partial charge is 0.141 e. The predicted molar refractivity (Wildman–Crippen MR) is 84.8 cm³/mol. The molecular weight excluding hydrogens is 318 g/mol. The molecule has 1 aromatic heterocycles. The number of pyridine rings is 1. The van der Waals surface area contributed by atoms with Gasteiger partial charge in [0.15, 0.2) is 0 Å². The van der Waals surface area contributed by atoms with Gasteiger partial charge in [0.25, 0.3) is 0 Å². The summed E-state index contributed by atoms with van der Waals surface area (Å²) in [6.07, 6.45) is 1.60. The van der Waals surface area contributed by atoms with E-state index in [1.54, 1.807) is 30.5 Å². The zero-order valence-corrected chi connectivity index (χ0v) is 12.5. The third-order valence-electron chi connectivity index (χ3n) is 3.40. The average Bonchev–Trinajstić information content (AvgIpc) is 2.58. The normalized spacial score (nSPS) is 10.3. The topological polar surface area (TPSA) is 36.7 Å². The van der Waals surface area contributed by atoms with Crippen LogP contribution in [0.15, 0.2) is 54.7 Å². The van der Waals surface area contributed by atoms with Crippen LogP contribution in [-0.4, -0.2) is 4.98 Å². The van der Waals surface area contributed by atoms with E-state index < -0.39 is 11.6 Å². The molecule has 0 aliphatic heterocycles. The summed E-state index contributed by atoms with van der Waals surface area (Å²) in [5.74, 6) is -1.09. The quantitative estimate of drug-likeness (QED) is 0.647. The van der Waals surface area contributed by atoms with Crippen molar-refractivity contribution in [2.75, 3.05) is 0 Å². The Morgan fingerprint density at radius 1 is 0.957 bits per heavy atom. The Hall–Kier alpha value is -2.77. The Morgan fingerprint density at radius 2 is 1.70 bits per heavy atom. The van der Waals surface area contributed by atoms with Gasteiger partial charge in [-0.2, -0.15) is 5.26 Å². The van der Waals surface area contributed by atoms with Crippen LogP contribution in [0.3, 0.4) is 0 Å². The van der Waals surface area contributed by atoms with Crippen molar-refractivity contribution in [2.24, 2.45) is 0 Å². The minimum absolute atomic E-state index is 0.00377. The molecule has 1 heterocycles. The van der Waals surface area contributed by atoms with Crippen LogP contribution < -0.4 is 0 Å². The molecule has 2 nitrogen and oxygen atoms in total. The molecule has 0 radical (unpaired) electrons. The predicted octanol–water partition coefficient (Wildman–Crippen LogP) is 5.22. The molecule has 2 aromatic carbocycles. The maximum atomic E-state index is 13.5. The van der Waals surface area contributed by atoms with Crippen LogP contribution in [-0.2, 0) is 0 Å². The lowest BCUT2D eigenvalue weighted by Crippen LogP contribution is -1.91. The first kappa shape index (κ1) is 15.1. The van der Waals surface area contributed by atoms with Crippen molar-refractivity contribution in [1.82, 2.24) is 4.98 Å². The first-order chi connectivity index (χ1) is 11.1. The Balaban J connectivity index is 2.19. The van der Waals surface area contributed by atoms with Crippen LogP contribution in [0.25, 0.3) is 22.4 Å². The van der Waals surface area contributed by atoms with Crippen molar-refractivity contribution in [3.8, 4) is 28.5 Å². The SMILES string of the molecule is N#Cc1cc(-c2cccnc2-c2ccc(F)c(Cl)c2)ccc1F. The number of nitriles is 1. The highest BCUT2D eigenvalue weighted by Crippen LogP contribution is 2.32. The highest BCUT2D eigenvalue weighted by Gasteiger charge is 2.12. The Kier molecular flexibility index (Phi) is 4.05. The second kappa shape index (κ2) is 6.15. The molecule has 0 saturated heterocycles. The summed E-state index contributed by atoms with van der Waals surface area (Å²) in [5, 5.41) is 8.97. The number of hydrogen-bond acceptors (Lipinski definition) is 2. The molecule has 0 fully saturated rings. The van der Waals surface area contributed by atoms with Gasteiger partial charge in [0.05, 0.1) is 16.3 Å². The lowest BCUT2D eigenvalue weighted by Gasteiger charge is -2.10. The molecule has 0 saturated carbocycles. The standard InChI is InChI=1S/C18H9ClF2N2/c19-15-9-12(4-6-17(15)21)18-14(2-1-7-23-18)11-3-5-16(20)13(8-11)10-22/h1-9H. The molecule has 3 aromatic rings. The van der Waals surface area contributed by atoms with Crippen molar-refractivity contribution < 1.29 is 8.78 Å². The third kappa shape index (κ3) is 2.92. The monoisotopic (exact) mass is 326 g/mol. The summed E-state index contributed by atoms with van der Waals surface area (Å²) in [6, 6.07) is 13.9. The summed E-state index contributed by atoms with van der Waals surface area (Å²) >= 11 is 5.84. The molecule has 5 heteroatoms. The van der Waals surface area contributed by atoms with E-state index in [1.807, 2.05) is 6.07 Å². The maximum absolute atomic E-state index is 13.5. The number of rotatable bonds is 2. The molecule has 0 unspecified atom stereocenters. The number of hydrogen-bond donors (Lipinski definition) is 0. The lowest BCUT2D eigenvalue weighted by molar-refractivity contribution is 0.624. The van der Waals surface area contributed by atoms with Crippen LogP contribution >= 0.6 is 11.6 Å². The fourth-order valence-corrected chi connectivity index (χ4v) is 2.47. The molecule has 0 aliphatic carbocycles.